The minimum atomic E-state index is -2.62. The number of hydrogen-bond acceptors (Lipinski definition) is 12. The van der Waals surface area contributed by atoms with E-state index in [2.05, 4.69) is 4.31 Å². The predicted molar refractivity (Wildman–Crippen MR) is 68.2 cm³/mol. The maximum Gasteiger partial charge on any atom is 0.334 e. The molecular formula is C5H19O12P3. The molecule has 0 aliphatic carbocycles. The summed E-state index contributed by atoms with van der Waals surface area (Å²) in [5, 5.41) is 34.0. The summed E-state index contributed by atoms with van der Waals surface area (Å²) in [4.78, 5) is 53.0. The van der Waals surface area contributed by atoms with Gasteiger partial charge >= 0.3 is 25.8 Å². The van der Waals surface area contributed by atoms with Gasteiger partial charge in [-0.2, -0.15) is 0 Å². The third-order valence-corrected chi connectivity index (χ3v) is 2.66. The summed E-state index contributed by atoms with van der Waals surface area (Å²) in [5.74, 6) is 0. The lowest BCUT2D eigenvalue weighted by atomic mass is 9.93. The molecule has 0 unspecified atom stereocenters. The van der Waals surface area contributed by atoms with Crippen molar-refractivity contribution >= 4 is 25.8 Å². The fraction of sp³-hybridized carbons (Fsp3) is 1.00. The normalized spacial score (nSPS) is 11.1. The van der Waals surface area contributed by atoms with Crippen LogP contribution in [0, 0.1) is 5.41 Å². The highest BCUT2D eigenvalue weighted by Crippen LogP contribution is 2.41. The quantitative estimate of drug-likeness (QED) is 0.207. The second kappa shape index (κ2) is 16.2. The third-order valence-electron chi connectivity index (χ3n) is 1.49. The standard InChI is InChI=1S/C5H12O4.H4O5P2.H3O3P/c6-1-5(2-7,3-8)4-9;1-6(2)5-7(3)4;1-4(2)3/h6-9H,1-4H2;1-4H;1-3H. The van der Waals surface area contributed by atoms with Gasteiger partial charge in [-0.3, -0.25) is 0 Å². The van der Waals surface area contributed by atoms with Crippen molar-refractivity contribution < 1.29 is 59.0 Å². The Bertz CT molecular complexity index is 162. The van der Waals surface area contributed by atoms with Crippen LogP contribution in [-0.4, -0.2) is 81.1 Å². The average molecular weight is 364 g/mol. The maximum atomic E-state index is 8.50. The van der Waals surface area contributed by atoms with Crippen molar-refractivity contribution in [1.29, 1.82) is 0 Å². The zero-order valence-electron chi connectivity index (χ0n) is 10.00. The van der Waals surface area contributed by atoms with Gasteiger partial charge in [-0.05, 0) is 0 Å². The van der Waals surface area contributed by atoms with Gasteiger partial charge in [0.1, 0.15) is 0 Å². The zero-order valence-corrected chi connectivity index (χ0v) is 12.7. The van der Waals surface area contributed by atoms with E-state index in [4.69, 9.17) is 54.7 Å². The second-order valence-electron chi connectivity index (χ2n) is 2.99. The SMILES string of the molecule is OCC(CO)(CO)CO.OP(O)O.OP(O)OP(O)O. The molecule has 0 radical (unpaired) electrons. The van der Waals surface area contributed by atoms with Gasteiger partial charge in [-0.15, -0.1) is 0 Å². The lowest BCUT2D eigenvalue weighted by Crippen LogP contribution is -2.37. The average Bonchev–Trinajstić information content (AvgIpc) is 2.31. The van der Waals surface area contributed by atoms with E-state index in [1.54, 1.807) is 0 Å². The molecule has 0 aliphatic heterocycles. The molecule has 0 saturated heterocycles. The van der Waals surface area contributed by atoms with E-state index in [0.717, 1.165) is 0 Å². The first kappa shape index (κ1) is 25.7. The molecule has 0 aromatic carbocycles. The Morgan fingerprint density at radius 3 is 0.800 bits per heavy atom. The fourth-order valence-corrected chi connectivity index (χ4v) is 0.888. The Hall–Kier alpha value is 0.810. The molecule has 0 heterocycles. The van der Waals surface area contributed by atoms with Crippen LogP contribution in [0.1, 0.15) is 0 Å². The van der Waals surface area contributed by atoms with E-state index in [9.17, 15) is 0 Å². The van der Waals surface area contributed by atoms with Gasteiger partial charge in [0, 0.05) is 0 Å². The molecule has 15 heteroatoms. The zero-order chi connectivity index (χ0) is 16.8. The van der Waals surface area contributed by atoms with Crippen molar-refractivity contribution in [1.82, 2.24) is 0 Å². The van der Waals surface area contributed by atoms with Crippen LogP contribution < -0.4 is 0 Å². The Balaban J connectivity index is -0.000000234. The van der Waals surface area contributed by atoms with E-state index in [1.807, 2.05) is 0 Å². The lowest BCUT2D eigenvalue weighted by Gasteiger charge is -2.23. The second-order valence-corrected chi connectivity index (χ2v) is 5.19. The number of rotatable bonds is 6. The number of hydrogen-bond donors (Lipinski definition) is 11. The van der Waals surface area contributed by atoms with Crippen molar-refractivity contribution in [3.63, 3.8) is 0 Å². The Morgan fingerprint density at radius 1 is 0.600 bits per heavy atom. The first-order valence-corrected chi connectivity index (χ1v) is 7.97. The highest BCUT2D eigenvalue weighted by Gasteiger charge is 2.26. The monoisotopic (exact) mass is 364 g/mol. The first-order valence-electron chi connectivity index (χ1n) is 4.44. The van der Waals surface area contributed by atoms with Gasteiger partial charge in [0.2, 0.25) is 0 Å². The highest BCUT2D eigenvalue weighted by molar-refractivity contribution is 7.53. The van der Waals surface area contributed by atoms with E-state index in [0.29, 0.717) is 0 Å². The molecule has 126 valence electrons. The molecule has 0 bridgehead atoms. The molecule has 0 rings (SSSR count). The summed E-state index contributed by atoms with van der Waals surface area (Å²) in [6.45, 7) is -1.62. The molecule has 0 aromatic rings. The molecular weight excluding hydrogens is 345 g/mol. The Labute approximate surface area is 117 Å². The Morgan fingerprint density at radius 2 is 0.800 bits per heavy atom. The van der Waals surface area contributed by atoms with Gasteiger partial charge < -0.3 is 54.7 Å². The smallest absolute Gasteiger partial charge is 0.334 e. The minimum Gasteiger partial charge on any atom is -0.396 e. The van der Waals surface area contributed by atoms with Crippen LogP contribution in [-0.2, 0) is 4.31 Å². The predicted octanol–water partition coefficient (Wildman–Crippen LogP) is -3.44. The van der Waals surface area contributed by atoms with Gasteiger partial charge in [0.05, 0.1) is 31.8 Å². The summed E-state index contributed by atoms with van der Waals surface area (Å²) in [5.41, 5.74) is -1.11. The summed E-state index contributed by atoms with van der Waals surface area (Å²) in [6, 6.07) is 0. The van der Waals surface area contributed by atoms with Gasteiger partial charge in [0.25, 0.3) is 0 Å². The minimum absolute atomic E-state index is 0.406. The molecule has 12 nitrogen and oxygen atoms in total. The van der Waals surface area contributed by atoms with E-state index in [1.165, 1.54) is 0 Å². The van der Waals surface area contributed by atoms with Crippen LogP contribution in [0.4, 0.5) is 0 Å². The van der Waals surface area contributed by atoms with Crippen molar-refractivity contribution in [2.24, 2.45) is 5.41 Å². The largest absolute Gasteiger partial charge is 0.396 e. The summed E-state index contributed by atoms with van der Waals surface area (Å²) in [7, 11) is -7.84. The van der Waals surface area contributed by atoms with Crippen LogP contribution in [0.3, 0.4) is 0 Å². The van der Waals surface area contributed by atoms with Crippen molar-refractivity contribution in [2.75, 3.05) is 26.4 Å². The van der Waals surface area contributed by atoms with E-state index in [-0.39, 0.29) is 0 Å². The number of aliphatic hydroxyl groups excluding tert-OH is 4. The van der Waals surface area contributed by atoms with Gasteiger partial charge in [-0.25, -0.2) is 4.31 Å². The van der Waals surface area contributed by atoms with Crippen molar-refractivity contribution in [3.8, 4) is 0 Å². The summed E-state index contributed by atoms with van der Waals surface area (Å²) < 4.78 is 3.60. The molecule has 0 fully saturated rings. The van der Waals surface area contributed by atoms with Crippen molar-refractivity contribution in [2.45, 2.75) is 0 Å². The van der Waals surface area contributed by atoms with Crippen LogP contribution in [0.25, 0.3) is 0 Å². The molecule has 0 spiro atoms. The Kier molecular flexibility index (Phi) is 20.8. The molecule has 0 saturated carbocycles. The van der Waals surface area contributed by atoms with E-state index < -0.39 is 57.6 Å². The van der Waals surface area contributed by atoms with Crippen LogP contribution in [0.5, 0.6) is 0 Å². The first-order chi connectivity index (χ1) is 9.10. The third kappa shape index (κ3) is 21.1. The molecule has 0 atom stereocenters. The van der Waals surface area contributed by atoms with Crippen LogP contribution in [0.15, 0.2) is 0 Å². The van der Waals surface area contributed by atoms with Gasteiger partial charge in [-0.1, -0.05) is 0 Å². The van der Waals surface area contributed by atoms with E-state index >= 15 is 0 Å². The number of aliphatic hydroxyl groups is 4. The van der Waals surface area contributed by atoms with Crippen LogP contribution in [0.2, 0.25) is 0 Å². The molecule has 20 heavy (non-hydrogen) atoms. The molecule has 0 aliphatic rings. The molecule has 0 aromatic heterocycles. The van der Waals surface area contributed by atoms with Crippen LogP contribution >= 0.6 is 25.8 Å². The topological polar surface area (TPSA) is 232 Å². The highest BCUT2D eigenvalue weighted by atomic mass is 31.2. The summed E-state index contributed by atoms with van der Waals surface area (Å²) in [6.07, 6.45) is 0. The molecule has 11 N–H and O–H groups in total. The summed E-state index contributed by atoms with van der Waals surface area (Å²) >= 11 is 0. The fourth-order valence-electron chi connectivity index (χ4n) is 0.365. The maximum absolute atomic E-state index is 8.50. The molecule has 0 amide bonds. The lowest BCUT2D eigenvalue weighted by molar-refractivity contribution is -0.0328. The van der Waals surface area contributed by atoms with Crippen molar-refractivity contribution in [3.05, 3.63) is 0 Å². The van der Waals surface area contributed by atoms with Gasteiger partial charge in [0.15, 0.2) is 0 Å².